The molecule has 0 spiro atoms. The number of hydrogen-bond acceptors (Lipinski definition) is 5. The average molecular weight is 342 g/mol. The molecule has 2 aromatic rings. The Kier molecular flexibility index (Phi) is 5.80. The van der Waals surface area contributed by atoms with E-state index in [1.807, 2.05) is 26.0 Å². The number of hydrogen-bond donors (Lipinski definition) is 0. The molecule has 0 atom stereocenters. The number of benzene rings is 2. The van der Waals surface area contributed by atoms with Crippen LogP contribution in [0.1, 0.15) is 40.1 Å². The molecule has 0 aromatic heterocycles. The Morgan fingerprint density at radius 3 is 2.28 bits per heavy atom. The minimum absolute atomic E-state index is 0.397. The minimum atomic E-state index is -0.511. The van der Waals surface area contributed by atoms with Crippen LogP contribution in [0.15, 0.2) is 42.5 Å². The van der Waals surface area contributed by atoms with Crippen molar-refractivity contribution in [3.63, 3.8) is 0 Å². The molecular weight excluding hydrogens is 320 g/mol. The predicted octanol–water partition coefficient (Wildman–Crippen LogP) is 3.69. The molecule has 0 aliphatic heterocycles. The first kappa shape index (κ1) is 18.5. The van der Waals surface area contributed by atoms with Gasteiger partial charge in [-0.2, -0.15) is 0 Å². The standard InChI is InChI=1S/C20H22O5/c1-20(2,12-14-5-7-15(13-21)8-6-14)25-17-10-9-16(19(22)24-4)11-18(17)23-3/h5-11,13H,12H2,1-4H3. The second-order valence-corrected chi connectivity index (χ2v) is 6.26. The maximum atomic E-state index is 11.6. The van der Waals surface area contributed by atoms with Crippen LogP contribution in [0.5, 0.6) is 11.5 Å². The first-order chi connectivity index (χ1) is 11.9. The third-order valence-corrected chi connectivity index (χ3v) is 3.72. The lowest BCUT2D eigenvalue weighted by atomic mass is 9.97. The van der Waals surface area contributed by atoms with Gasteiger partial charge in [0.15, 0.2) is 11.5 Å². The van der Waals surface area contributed by atoms with Crippen LogP contribution in [-0.2, 0) is 11.2 Å². The van der Waals surface area contributed by atoms with Crippen LogP contribution in [0.3, 0.4) is 0 Å². The van der Waals surface area contributed by atoms with Crippen molar-refractivity contribution in [2.45, 2.75) is 25.9 Å². The Morgan fingerprint density at radius 1 is 1.04 bits per heavy atom. The zero-order chi connectivity index (χ0) is 18.4. The fourth-order valence-electron chi connectivity index (χ4n) is 2.54. The molecule has 25 heavy (non-hydrogen) atoms. The number of esters is 1. The molecule has 0 radical (unpaired) electrons. The number of carbonyl (C=O) groups is 2. The summed E-state index contributed by atoms with van der Waals surface area (Å²) in [6, 6.07) is 12.3. The van der Waals surface area contributed by atoms with Crippen LogP contribution < -0.4 is 9.47 Å². The SMILES string of the molecule is COC(=O)c1ccc(OC(C)(C)Cc2ccc(C=O)cc2)c(OC)c1. The van der Waals surface area contributed by atoms with E-state index < -0.39 is 11.6 Å². The van der Waals surface area contributed by atoms with Crippen molar-refractivity contribution >= 4 is 12.3 Å². The monoisotopic (exact) mass is 342 g/mol. The van der Waals surface area contributed by atoms with Crippen molar-refractivity contribution in [1.82, 2.24) is 0 Å². The van der Waals surface area contributed by atoms with E-state index in [2.05, 4.69) is 0 Å². The molecule has 0 fully saturated rings. The third kappa shape index (κ3) is 4.83. The highest BCUT2D eigenvalue weighted by Gasteiger charge is 2.23. The van der Waals surface area contributed by atoms with Crippen LogP contribution in [0, 0.1) is 0 Å². The summed E-state index contributed by atoms with van der Waals surface area (Å²) in [6.45, 7) is 3.93. The maximum Gasteiger partial charge on any atom is 0.337 e. The molecule has 0 heterocycles. The molecule has 0 unspecified atom stereocenters. The smallest absolute Gasteiger partial charge is 0.337 e. The Hall–Kier alpha value is -2.82. The number of aldehydes is 1. The third-order valence-electron chi connectivity index (χ3n) is 3.72. The molecule has 132 valence electrons. The molecule has 0 saturated carbocycles. The summed E-state index contributed by atoms with van der Waals surface area (Å²) < 4.78 is 16.2. The first-order valence-corrected chi connectivity index (χ1v) is 7.88. The van der Waals surface area contributed by atoms with Crippen LogP contribution >= 0.6 is 0 Å². The fraction of sp³-hybridized carbons (Fsp3) is 0.300. The van der Waals surface area contributed by atoms with Gasteiger partial charge in [-0.3, -0.25) is 4.79 Å². The fourth-order valence-corrected chi connectivity index (χ4v) is 2.54. The van der Waals surface area contributed by atoms with Gasteiger partial charge in [0.1, 0.15) is 11.9 Å². The maximum absolute atomic E-state index is 11.6. The van der Waals surface area contributed by atoms with Crippen molar-refractivity contribution in [2.75, 3.05) is 14.2 Å². The number of methoxy groups -OCH3 is 2. The highest BCUT2D eigenvalue weighted by Crippen LogP contribution is 2.32. The molecule has 0 aliphatic rings. The highest BCUT2D eigenvalue weighted by molar-refractivity contribution is 5.90. The summed E-state index contributed by atoms with van der Waals surface area (Å²) in [7, 11) is 2.85. The zero-order valence-electron chi connectivity index (χ0n) is 14.9. The molecule has 0 aliphatic carbocycles. The minimum Gasteiger partial charge on any atom is -0.493 e. The zero-order valence-corrected chi connectivity index (χ0v) is 14.9. The number of rotatable bonds is 7. The molecular formula is C20H22O5. The molecule has 5 nitrogen and oxygen atoms in total. The summed E-state index contributed by atoms with van der Waals surface area (Å²) >= 11 is 0. The van der Waals surface area contributed by atoms with Gasteiger partial charge in [0.25, 0.3) is 0 Å². The topological polar surface area (TPSA) is 61.8 Å². The van der Waals surface area contributed by atoms with Gasteiger partial charge in [-0.05, 0) is 37.6 Å². The Balaban J connectivity index is 2.18. The van der Waals surface area contributed by atoms with Crippen LogP contribution in [0.2, 0.25) is 0 Å². The van der Waals surface area contributed by atoms with Crippen LogP contribution in [0.25, 0.3) is 0 Å². The van der Waals surface area contributed by atoms with E-state index in [4.69, 9.17) is 14.2 Å². The summed E-state index contributed by atoms with van der Waals surface area (Å²) in [4.78, 5) is 22.4. The van der Waals surface area contributed by atoms with E-state index in [0.717, 1.165) is 11.8 Å². The molecule has 0 bridgehead atoms. The number of carbonyl (C=O) groups excluding carboxylic acids is 2. The predicted molar refractivity (Wildman–Crippen MR) is 94.6 cm³/mol. The van der Waals surface area contributed by atoms with Gasteiger partial charge in [0, 0.05) is 12.0 Å². The van der Waals surface area contributed by atoms with E-state index in [-0.39, 0.29) is 0 Å². The van der Waals surface area contributed by atoms with Crippen molar-refractivity contribution in [3.05, 3.63) is 59.2 Å². The van der Waals surface area contributed by atoms with Gasteiger partial charge in [0.2, 0.25) is 0 Å². The van der Waals surface area contributed by atoms with Gasteiger partial charge in [0.05, 0.1) is 19.8 Å². The molecule has 0 amide bonds. The van der Waals surface area contributed by atoms with Crippen molar-refractivity contribution < 1.29 is 23.8 Å². The molecule has 2 aromatic carbocycles. The van der Waals surface area contributed by atoms with Crippen molar-refractivity contribution in [3.8, 4) is 11.5 Å². The second kappa shape index (κ2) is 7.83. The Bertz CT molecular complexity index is 747. The van der Waals surface area contributed by atoms with Gasteiger partial charge in [-0.1, -0.05) is 24.3 Å². The van der Waals surface area contributed by atoms with E-state index in [1.165, 1.54) is 14.2 Å². The molecule has 2 rings (SSSR count). The number of ether oxygens (including phenoxy) is 3. The largest absolute Gasteiger partial charge is 0.493 e. The summed E-state index contributed by atoms with van der Waals surface area (Å²) in [5.74, 6) is 0.580. The summed E-state index contributed by atoms with van der Waals surface area (Å²) in [5.41, 5.74) is 1.58. The molecule has 0 saturated heterocycles. The lowest BCUT2D eigenvalue weighted by Crippen LogP contribution is -2.31. The van der Waals surface area contributed by atoms with E-state index >= 15 is 0 Å². The van der Waals surface area contributed by atoms with Gasteiger partial charge >= 0.3 is 5.97 Å². The Labute approximate surface area is 147 Å². The molecule has 0 N–H and O–H groups in total. The van der Waals surface area contributed by atoms with Gasteiger partial charge in [-0.25, -0.2) is 4.79 Å². The normalized spacial score (nSPS) is 10.9. The van der Waals surface area contributed by atoms with Gasteiger partial charge < -0.3 is 14.2 Å². The Morgan fingerprint density at radius 2 is 1.72 bits per heavy atom. The van der Waals surface area contributed by atoms with Crippen molar-refractivity contribution in [1.29, 1.82) is 0 Å². The van der Waals surface area contributed by atoms with Crippen molar-refractivity contribution in [2.24, 2.45) is 0 Å². The van der Waals surface area contributed by atoms with E-state index in [0.29, 0.717) is 29.0 Å². The van der Waals surface area contributed by atoms with E-state index in [1.54, 1.807) is 30.3 Å². The second-order valence-electron chi connectivity index (χ2n) is 6.26. The van der Waals surface area contributed by atoms with E-state index in [9.17, 15) is 9.59 Å². The lowest BCUT2D eigenvalue weighted by molar-refractivity contribution is 0.0600. The summed E-state index contributed by atoms with van der Waals surface area (Å²) in [6.07, 6.45) is 1.47. The van der Waals surface area contributed by atoms with Crippen LogP contribution in [-0.4, -0.2) is 32.1 Å². The highest BCUT2D eigenvalue weighted by atomic mass is 16.5. The lowest BCUT2D eigenvalue weighted by Gasteiger charge is -2.27. The van der Waals surface area contributed by atoms with Gasteiger partial charge in [-0.15, -0.1) is 0 Å². The first-order valence-electron chi connectivity index (χ1n) is 7.88. The average Bonchev–Trinajstić information content (AvgIpc) is 2.61. The quantitative estimate of drug-likeness (QED) is 0.567. The van der Waals surface area contributed by atoms with Crippen LogP contribution in [0.4, 0.5) is 0 Å². The molecule has 5 heteroatoms. The summed E-state index contributed by atoms with van der Waals surface area (Å²) in [5, 5.41) is 0.